The summed E-state index contributed by atoms with van der Waals surface area (Å²) < 4.78 is 16.7. The largest absolute Gasteiger partial charge is 0.300 e. The normalized spacial score (nSPS) is 11.5. The van der Waals surface area contributed by atoms with E-state index < -0.39 is 0 Å². The first-order valence-corrected chi connectivity index (χ1v) is 6.72. The summed E-state index contributed by atoms with van der Waals surface area (Å²) in [6.07, 6.45) is 3.33. The van der Waals surface area contributed by atoms with Crippen molar-refractivity contribution in [2.45, 2.75) is 26.7 Å². The quantitative estimate of drug-likeness (QED) is 0.727. The molecule has 0 radical (unpaired) electrons. The Kier molecular flexibility index (Phi) is 3.08. The lowest BCUT2D eigenvalue weighted by Crippen LogP contribution is -2.20. The molecule has 2 heterocycles. The summed E-state index contributed by atoms with van der Waals surface area (Å²) in [6, 6.07) is 4.69. The predicted molar refractivity (Wildman–Crippen MR) is 77.4 cm³/mol. The lowest BCUT2D eigenvalue weighted by atomic mass is 10.2. The second kappa shape index (κ2) is 4.80. The van der Waals surface area contributed by atoms with Crippen LogP contribution in [0.1, 0.15) is 31.2 Å². The summed E-state index contributed by atoms with van der Waals surface area (Å²) in [7, 11) is 0. The summed E-state index contributed by atoms with van der Waals surface area (Å²) in [5.74, 6) is 0.542. The summed E-state index contributed by atoms with van der Waals surface area (Å²) in [4.78, 5) is 12.5. The second-order valence-electron chi connectivity index (χ2n) is 5.31. The standard InChI is InChI=1S/C15H15FN4O/c1-9(2)13-17-18-14-15(21)19(6-7-20(13)14)11-5-4-10(3)12(16)8-11/h4-9H,1-3H3. The molecule has 21 heavy (non-hydrogen) atoms. The van der Waals surface area contributed by atoms with Crippen molar-refractivity contribution in [2.75, 3.05) is 0 Å². The molecule has 0 fully saturated rings. The van der Waals surface area contributed by atoms with Crippen molar-refractivity contribution in [2.24, 2.45) is 0 Å². The number of rotatable bonds is 2. The smallest absolute Gasteiger partial charge is 0.280 e. The summed E-state index contributed by atoms with van der Waals surface area (Å²) in [5.41, 5.74) is 0.930. The van der Waals surface area contributed by atoms with Gasteiger partial charge in [-0.3, -0.25) is 13.8 Å². The lowest BCUT2D eigenvalue weighted by molar-refractivity contribution is 0.617. The molecule has 0 aliphatic rings. The van der Waals surface area contributed by atoms with Crippen LogP contribution in [0.2, 0.25) is 0 Å². The van der Waals surface area contributed by atoms with Gasteiger partial charge in [-0.15, -0.1) is 10.2 Å². The topological polar surface area (TPSA) is 52.2 Å². The van der Waals surface area contributed by atoms with Gasteiger partial charge in [-0.05, 0) is 24.6 Å². The Morgan fingerprint density at radius 1 is 1.19 bits per heavy atom. The van der Waals surface area contributed by atoms with Crippen LogP contribution in [0.15, 0.2) is 35.4 Å². The molecule has 0 aliphatic carbocycles. The minimum absolute atomic E-state index is 0.159. The Morgan fingerprint density at radius 2 is 1.95 bits per heavy atom. The maximum atomic E-state index is 13.7. The van der Waals surface area contributed by atoms with Crippen molar-refractivity contribution in [3.05, 3.63) is 58.2 Å². The predicted octanol–water partition coefficient (Wildman–Crippen LogP) is 2.45. The molecule has 5 nitrogen and oxygen atoms in total. The van der Waals surface area contributed by atoms with E-state index in [1.54, 1.807) is 35.9 Å². The average Bonchev–Trinajstić information content (AvgIpc) is 2.87. The third kappa shape index (κ3) is 2.12. The minimum Gasteiger partial charge on any atom is -0.280 e. The van der Waals surface area contributed by atoms with Gasteiger partial charge in [-0.2, -0.15) is 0 Å². The molecule has 0 N–H and O–H groups in total. The van der Waals surface area contributed by atoms with E-state index in [4.69, 9.17) is 0 Å². The molecule has 0 spiro atoms. The highest BCUT2D eigenvalue weighted by Crippen LogP contribution is 2.14. The van der Waals surface area contributed by atoms with Crippen LogP contribution in [-0.2, 0) is 0 Å². The van der Waals surface area contributed by atoms with Crippen molar-refractivity contribution in [3.8, 4) is 5.69 Å². The number of hydrogen-bond acceptors (Lipinski definition) is 3. The van der Waals surface area contributed by atoms with Crippen LogP contribution in [0.5, 0.6) is 0 Å². The van der Waals surface area contributed by atoms with Gasteiger partial charge in [0.2, 0.25) is 5.65 Å². The Labute approximate surface area is 120 Å². The van der Waals surface area contributed by atoms with Crippen molar-refractivity contribution < 1.29 is 4.39 Å². The van der Waals surface area contributed by atoms with Gasteiger partial charge in [0, 0.05) is 18.3 Å². The number of aromatic nitrogens is 4. The van der Waals surface area contributed by atoms with Gasteiger partial charge < -0.3 is 0 Å². The van der Waals surface area contributed by atoms with Gasteiger partial charge in [0.15, 0.2) is 0 Å². The number of aryl methyl sites for hydroxylation is 1. The highest BCUT2D eigenvalue weighted by molar-refractivity contribution is 5.42. The SMILES string of the molecule is Cc1ccc(-n2ccn3c(C(C)C)nnc3c2=O)cc1F. The molecule has 6 heteroatoms. The zero-order valence-corrected chi connectivity index (χ0v) is 12.0. The van der Waals surface area contributed by atoms with E-state index in [1.165, 1.54) is 10.6 Å². The molecule has 3 aromatic rings. The monoisotopic (exact) mass is 286 g/mol. The maximum absolute atomic E-state index is 13.7. The number of hydrogen-bond donors (Lipinski definition) is 0. The molecular weight excluding hydrogens is 271 g/mol. The Morgan fingerprint density at radius 3 is 2.62 bits per heavy atom. The molecule has 0 aliphatic heterocycles. The van der Waals surface area contributed by atoms with E-state index >= 15 is 0 Å². The summed E-state index contributed by atoms with van der Waals surface area (Å²) in [6.45, 7) is 5.65. The fraction of sp³-hybridized carbons (Fsp3) is 0.267. The van der Waals surface area contributed by atoms with Gasteiger partial charge in [-0.25, -0.2) is 4.39 Å². The van der Waals surface area contributed by atoms with Gasteiger partial charge in [0.25, 0.3) is 0 Å². The van der Waals surface area contributed by atoms with E-state index in [1.807, 2.05) is 13.8 Å². The van der Waals surface area contributed by atoms with E-state index in [2.05, 4.69) is 10.2 Å². The summed E-state index contributed by atoms with van der Waals surface area (Å²) >= 11 is 0. The first-order chi connectivity index (χ1) is 9.99. The number of benzene rings is 1. The maximum Gasteiger partial charge on any atom is 0.300 e. The van der Waals surface area contributed by atoms with E-state index in [0.29, 0.717) is 11.3 Å². The van der Waals surface area contributed by atoms with E-state index in [-0.39, 0.29) is 22.9 Å². The van der Waals surface area contributed by atoms with Gasteiger partial charge in [0.1, 0.15) is 11.6 Å². The molecule has 108 valence electrons. The Bertz CT molecular complexity index is 879. The Balaban J connectivity index is 2.23. The molecule has 0 saturated heterocycles. The van der Waals surface area contributed by atoms with Crippen molar-refractivity contribution >= 4 is 5.65 Å². The molecule has 2 aromatic heterocycles. The van der Waals surface area contributed by atoms with Gasteiger partial charge >= 0.3 is 5.56 Å². The van der Waals surface area contributed by atoms with Crippen LogP contribution in [0, 0.1) is 12.7 Å². The summed E-state index contributed by atoms with van der Waals surface area (Å²) in [5, 5.41) is 8.00. The Hall–Kier alpha value is -2.50. The van der Waals surface area contributed by atoms with Crippen molar-refractivity contribution in [1.29, 1.82) is 0 Å². The van der Waals surface area contributed by atoms with Crippen molar-refractivity contribution in [1.82, 2.24) is 19.2 Å². The van der Waals surface area contributed by atoms with Gasteiger partial charge in [-0.1, -0.05) is 19.9 Å². The van der Waals surface area contributed by atoms with Crippen LogP contribution < -0.4 is 5.56 Å². The van der Waals surface area contributed by atoms with Crippen LogP contribution in [-0.4, -0.2) is 19.2 Å². The fourth-order valence-corrected chi connectivity index (χ4v) is 2.23. The second-order valence-corrected chi connectivity index (χ2v) is 5.31. The number of halogens is 1. The van der Waals surface area contributed by atoms with Crippen LogP contribution in [0.25, 0.3) is 11.3 Å². The molecule has 0 unspecified atom stereocenters. The fourth-order valence-electron chi connectivity index (χ4n) is 2.23. The third-order valence-electron chi connectivity index (χ3n) is 3.45. The van der Waals surface area contributed by atoms with Gasteiger partial charge in [0.05, 0.1) is 5.69 Å². The van der Waals surface area contributed by atoms with Crippen LogP contribution in [0.4, 0.5) is 4.39 Å². The van der Waals surface area contributed by atoms with Crippen LogP contribution >= 0.6 is 0 Å². The molecular formula is C15H15FN4O. The average molecular weight is 286 g/mol. The minimum atomic E-state index is -0.344. The lowest BCUT2D eigenvalue weighted by Gasteiger charge is -2.08. The molecule has 1 aromatic carbocycles. The third-order valence-corrected chi connectivity index (χ3v) is 3.45. The highest BCUT2D eigenvalue weighted by atomic mass is 19.1. The zero-order chi connectivity index (χ0) is 15.1. The highest BCUT2D eigenvalue weighted by Gasteiger charge is 2.14. The molecule has 0 bridgehead atoms. The first-order valence-electron chi connectivity index (χ1n) is 6.72. The van der Waals surface area contributed by atoms with E-state index in [9.17, 15) is 9.18 Å². The number of nitrogens with zero attached hydrogens (tertiary/aromatic N) is 4. The molecule has 0 amide bonds. The van der Waals surface area contributed by atoms with E-state index in [0.717, 1.165) is 5.82 Å². The molecule has 0 atom stereocenters. The molecule has 3 rings (SSSR count). The zero-order valence-electron chi connectivity index (χ0n) is 12.0. The number of fused-ring (bicyclic) bond motifs is 1. The first kappa shape index (κ1) is 13.5. The molecule has 0 saturated carbocycles. The van der Waals surface area contributed by atoms with Crippen molar-refractivity contribution in [3.63, 3.8) is 0 Å². The van der Waals surface area contributed by atoms with Crippen LogP contribution in [0.3, 0.4) is 0 Å².